The lowest BCUT2D eigenvalue weighted by Crippen LogP contribution is -2.20. The van der Waals surface area contributed by atoms with Crippen molar-refractivity contribution in [1.82, 2.24) is 5.16 Å². The molecule has 1 fully saturated rings. The number of anilines is 1. The molecule has 1 aliphatic carbocycles. The van der Waals surface area contributed by atoms with Crippen LogP contribution >= 0.6 is 31.9 Å². The third-order valence-electron chi connectivity index (χ3n) is 5.22. The number of hydrogen-bond acceptors (Lipinski definition) is 5. The Balaban J connectivity index is 1.29. The first-order valence-electron chi connectivity index (χ1n) is 9.83. The Hall–Kier alpha value is -2.45. The van der Waals surface area contributed by atoms with Crippen LogP contribution in [0.25, 0.3) is 0 Å². The van der Waals surface area contributed by atoms with Crippen LogP contribution in [-0.4, -0.2) is 23.6 Å². The molecule has 0 spiro atoms. The fourth-order valence-electron chi connectivity index (χ4n) is 3.22. The van der Waals surface area contributed by atoms with E-state index < -0.39 is 0 Å². The van der Waals surface area contributed by atoms with E-state index >= 15 is 0 Å². The van der Waals surface area contributed by atoms with Gasteiger partial charge in [-0.3, -0.25) is 14.9 Å². The number of hydrogen-bond donors (Lipinski definition) is 1. The van der Waals surface area contributed by atoms with Gasteiger partial charge in [0, 0.05) is 15.0 Å². The van der Waals surface area contributed by atoms with Crippen LogP contribution in [0, 0.1) is 0 Å². The summed E-state index contributed by atoms with van der Waals surface area (Å²) in [5.41, 5.74) is 2.17. The second-order valence-electron chi connectivity index (χ2n) is 7.67. The maximum absolute atomic E-state index is 12.3. The van der Waals surface area contributed by atoms with Crippen LogP contribution < -0.4 is 5.32 Å². The Morgan fingerprint density at radius 1 is 0.968 bits per heavy atom. The van der Waals surface area contributed by atoms with Gasteiger partial charge in [0.15, 0.2) is 0 Å². The minimum absolute atomic E-state index is 0.184. The van der Waals surface area contributed by atoms with Crippen molar-refractivity contribution >= 4 is 49.6 Å². The van der Waals surface area contributed by atoms with Gasteiger partial charge in [-0.15, -0.1) is 0 Å². The van der Waals surface area contributed by atoms with E-state index in [1.54, 1.807) is 6.07 Å². The van der Waals surface area contributed by atoms with Crippen LogP contribution in [-0.2, 0) is 32.6 Å². The average molecular weight is 548 g/mol. The van der Waals surface area contributed by atoms with Crippen LogP contribution in [0.5, 0.6) is 0 Å². The molecular weight excluding hydrogens is 528 g/mol. The van der Waals surface area contributed by atoms with Crippen LogP contribution in [0.3, 0.4) is 0 Å². The molecule has 6 nitrogen and oxygen atoms in total. The molecule has 8 heteroatoms. The standard InChI is InChI=1S/C23H20Br2N2O4/c24-17-5-1-15(2-6-17)11-20(28)26-21-13-19(27-31-21)23(9-10-23)14-30-22(29)12-16-3-7-18(25)8-4-16/h1-8,13H,9-12,14H2,(H,26,28). The molecule has 0 bridgehead atoms. The summed E-state index contributed by atoms with van der Waals surface area (Å²) in [7, 11) is 0. The van der Waals surface area contributed by atoms with Gasteiger partial charge in [-0.2, -0.15) is 0 Å². The van der Waals surface area contributed by atoms with E-state index in [4.69, 9.17) is 9.26 Å². The van der Waals surface area contributed by atoms with Gasteiger partial charge < -0.3 is 9.26 Å². The first-order chi connectivity index (χ1) is 14.9. The molecule has 1 N–H and O–H groups in total. The second kappa shape index (κ2) is 9.36. The molecular formula is C23H20Br2N2O4. The number of nitrogens with zero attached hydrogens (tertiary/aromatic N) is 1. The van der Waals surface area contributed by atoms with Crippen molar-refractivity contribution in [2.45, 2.75) is 31.1 Å². The van der Waals surface area contributed by atoms with Gasteiger partial charge >= 0.3 is 5.97 Å². The molecule has 2 aromatic carbocycles. The van der Waals surface area contributed by atoms with Crippen molar-refractivity contribution in [3.8, 4) is 0 Å². The van der Waals surface area contributed by atoms with Gasteiger partial charge in [0.25, 0.3) is 0 Å². The van der Waals surface area contributed by atoms with Crippen molar-refractivity contribution in [3.05, 3.63) is 80.4 Å². The molecule has 160 valence electrons. The molecule has 0 atom stereocenters. The molecule has 3 aromatic rings. The zero-order chi connectivity index (χ0) is 21.8. The Morgan fingerprint density at radius 2 is 1.55 bits per heavy atom. The van der Waals surface area contributed by atoms with E-state index in [0.717, 1.165) is 32.9 Å². The van der Waals surface area contributed by atoms with Crippen LogP contribution in [0.15, 0.2) is 68.1 Å². The Bertz CT molecular complexity index is 1070. The summed E-state index contributed by atoms with van der Waals surface area (Å²) < 4.78 is 12.7. The van der Waals surface area contributed by atoms with E-state index in [1.165, 1.54) is 0 Å². The van der Waals surface area contributed by atoms with Gasteiger partial charge in [0.05, 0.1) is 24.0 Å². The van der Waals surface area contributed by atoms with Crippen LogP contribution in [0.4, 0.5) is 5.88 Å². The molecule has 4 rings (SSSR count). The Morgan fingerprint density at radius 3 is 2.13 bits per heavy atom. The highest BCUT2D eigenvalue weighted by atomic mass is 79.9. The highest BCUT2D eigenvalue weighted by Crippen LogP contribution is 2.48. The van der Waals surface area contributed by atoms with Gasteiger partial charge in [-0.1, -0.05) is 61.3 Å². The summed E-state index contributed by atoms with van der Waals surface area (Å²) in [4.78, 5) is 24.5. The molecule has 1 aliphatic rings. The van der Waals surface area contributed by atoms with Crippen molar-refractivity contribution in [2.75, 3.05) is 11.9 Å². The molecule has 1 aromatic heterocycles. The summed E-state index contributed by atoms with van der Waals surface area (Å²) in [6.45, 7) is 0.251. The molecule has 1 heterocycles. The first kappa shape index (κ1) is 21.8. The summed E-state index contributed by atoms with van der Waals surface area (Å²) >= 11 is 6.75. The lowest BCUT2D eigenvalue weighted by molar-refractivity contribution is -0.143. The third kappa shape index (κ3) is 5.83. The van der Waals surface area contributed by atoms with E-state index in [-0.39, 0.29) is 36.7 Å². The number of aromatic nitrogens is 1. The monoisotopic (exact) mass is 546 g/mol. The molecule has 0 unspecified atom stereocenters. The summed E-state index contributed by atoms with van der Waals surface area (Å²) in [5.74, 6) is -0.166. The van der Waals surface area contributed by atoms with E-state index in [0.29, 0.717) is 11.6 Å². The number of esters is 1. The Kier molecular flexibility index (Phi) is 6.57. The highest BCUT2D eigenvalue weighted by molar-refractivity contribution is 9.10. The van der Waals surface area contributed by atoms with E-state index in [9.17, 15) is 9.59 Å². The number of rotatable bonds is 8. The normalized spacial score (nSPS) is 14.1. The number of amides is 1. The lowest BCUT2D eigenvalue weighted by atomic mass is 10.0. The Labute approximate surface area is 196 Å². The van der Waals surface area contributed by atoms with Gasteiger partial charge in [-0.05, 0) is 48.2 Å². The summed E-state index contributed by atoms with van der Waals surface area (Å²) in [5, 5.41) is 6.84. The number of ether oxygens (including phenoxy) is 1. The summed E-state index contributed by atoms with van der Waals surface area (Å²) in [6, 6.07) is 16.8. The van der Waals surface area contributed by atoms with Crippen molar-refractivity contribution in [2.24, 2.45) is 0 Å². The maximum Gasteiger partial charge on any atom is 0.310 e. The van der Waals surface area contributed by atoms with Gasteiger partial charge in [0.2, 0.25) is 11.8 Å². The largest absolute Gasteiger partial charge is 0.464 e. The zero-order valence-corrected chi connectivity index (χ0v) is 19.7. The molecule has 0 radical (unpaired) electrons. The second-order valence-corrected chi connectivity index (χ2v) is 9.50. The first-order valence-corrected chi connectivity index (χ1v) is 11.4. The van der Waals surface area contributed by atoms with Crippen LogP contribution in [0.2, 0.25) is 0 Å². The minimum atomic E-state index is -0.326. The predicted octanol–water partition coefficient (Wildman–Crippen LogP) is 5.20. The minimum Gasteiger partial charge on any atom is -0.464 e. The number of nitrogens with one attached hydrogen (secondary N) is 1. The average Bonchev–Trinajstić information content (AvgIpc) is 3.40. The van der Waals surface area contributed by atoms with Gasteiger partial charge in [0.1, 0.15) is 6.61 Å². The van der Waals surface area contributed by atoms with Gasteiger partial charge in [-0.25, -0.2) is 0 Å². The quantitative estimate of drug-likeness (QED) is 0.392. The number of carbonyl (C=O) groups excluding carboxylic acids is 2. The zero-order valence-electron chi connectivity index (χ0n) is 16.6. The third-order valence-corrected chi connectivity index (χ3v) is 6.28. The highest BCUT2D eigenvalue weighted by Gasteiger charge is 2.48. The topological polar surface area (TPSA) is 81.4 Å². The van der Waals surface area contributed by atoms with E-state index in [2.05, 4.69) is 42.3 Å². The SMILES string of the molecule is O=C(Cc1ccc(Br)cc1)Nc1cc(C2(COC(=O)Cc3ccc(Br)cc3)CC2)no1. The lowest BCUT2D eigenvalue weighted by Gasteiger charge is -2.12. The van der Waals surface area contributed by atoms with Crippen molar-refractivity contribution in [1.29, 1.82) is 0 Å². The fraction of sp³-hybridized carbons (Fsp3) is 0.261. The predicted molar refractivity (Wildman–Crippen MR) is 123 cm³/mol. The summed E-state index contributed by atoms with van der Waals surface area (Å²) in [6.07, 6.45) is 2.18. The van der Waals surface area contributed by atoms with E-state index in [1.807, 2.05) is 48.5 Å². The van der Waals surface area contributed by atoms with Crippen LogP contribution in [0.1, 0.15) is 29.7 Å². The fourth-order valence-corrected chi connectivity index (χ4v) is 3.75. The molecule has 1 amide bonds. The molecule has 0 saturated heterocycles. The number of benzene rings is 2. The maximum atomic E-state index is 12.3. The molecule has 0 aliphatic heterocycles. The van der Waals surface area contributed by atoms with Crippen molar-refractivity contribution < 1.29 is 18.8 Å². The molecule has 31 heavy (non-hydrogen) atoms. The molecule has 1 saturated carbocycles. The smallest absolute Gasteiger partial charge is 0.310 e. The number of halogens is 2. The van der Waals surface area contributed by atoms with Crippen molar-refractivity contribution in [3.63, 3.8) is 0 Å². The number of carbonyl (C=O) groups is 2.